The Balaban J connectivity index is 1.99. The topological polar surface area (TPSA) is 62.5 Å². The molecule has 1 amide bonds. The highest BCUT2D eigenvalue weighted by molar-refractivity contribution is 5.81. The highest BCUT2D eigenvalue weighted by Crippen LogP contribution is 2.13. The number of carbonyl (C=O) groups is 1. The summed E-state index contributed by atoms with van der Waals surface area (Å²) in [5.74, 6) is -0.0813. The molecule has 6 nitrogen and oxygen atoms in total. The molecule has 0 aliphatic heterocycles. The van der Waals surface area contributed by atoms with Crippen molar-refractivity contribution in [3.05, 3.63) is 30.2 Å². The van der Waals surface area contributed by atoms with E-state index in [2.05, 4.69) is 10.2 Å². The fourth-order valence-electron chi connectivity index (χ4n) is 1.89. The number of pyridine rings is 1. The average Bonchev–Trinajstić information content (AvgIpc) is 2.86. The van der Waals surface area contributed by atoms with Gasteiger partial charge in [0, 0.05) is 6.20 Å². The molecule has 0 spiro atoms. The fourth-order valence-corrected chi connectivity index (χ4v) is 1.89. The minimum Gasteiger partial charge on any atom is -0.346 e. The summed E-state index contributed by atoms with van der Waals surface area (Å²) in [6, 6.07) is 4.71. The van der Waals surface area contributed by atoms with Gasteiger partial charge in [0.15, 0.2) is 11.5 Å². The van der Waals surface area contributed by atoms with E-state index in [-0.39, 0.29) is 6.54 Å². The third-order valence-corrected chi connectivity index (χ3v) is 3.28. The van der Waals surface area contributed by atoms with Crippen molar-refractivity contribution in [2.75, 3.05) is 13.6 Å². The van der Waals surface area contributed by atoms with Crippen molar-refractivity contribution in [1.82, 2.24) is 24.8 Å². The number of nitrogens with zero attached hydrogens (tertiary/aromatic N) is 4. The Labute approximate surface area is 124 Å². The summed E-state index contributed by atoms with van der Waals surface area (Å²) in [5.41, 5.74) is 0.667. The Morgan fingerprint density at radius 2 is 2.14 bits per heavy atom. The largest absolute Gasteiger partial charge is 0.405 e. The molecule has 120 valence electrons. The second-order valence-corrected chi connectivity index (χ2v) is 4.97. The SMILES string of the molecule is CC(C(=O)NCC(F)(F)F)N(C)Cc1nnc2ccccn12. The number of aromatic nitrogens is 3. The molecule has 2 aromatic heterocycles. The van der Waals surface area contributed by atoms with Crippen LogP contribution in [0.4, 0.5) is 13.2 Å². The number of fused-ring (bicyclic) bond motifs is 1. The van der Waals surface area contributed by atoms with Crippen molar-refractivity contribution in [3.63, 3.8) is 0 Å². The molecule has 2 rings (SSSR count). The summed E-state index contributed by atoms with van der Waals surface area (Å²) in [5, 5.41) is 9.87. The van der Waals surface area contributed by atoms with Crippen LogP contribution < -0.4 is 5.32 Å². The van der Waals surface area contributed by atoms with Crippen molar-refractivity contribution < 1.29 is 18.0 Å². The van der Waals surface area contributed by atoms with Crippen molar-refractivity contribution in [1.29, 1.82) is 0 Å². The van der Waals surface area contributed by atoms with Crippen LogP contribution in [0.1, 0.15) is 12.7 Å². The number of likely N-dealkylation sites (N-methyl/N-ethyl adjacent to an activating group) is 1. The van der Waals surface area contributed by atoms with Crippen LogP contribution in [0.15, 0.2) is 24.4 Å². The molecule has 0 saturated carbocycles. The Bertz CT molecular complexity index is 654. The fraction of sp³-hybridized carbons (Fsp3) is 0.462. The van der Waals surface area contributed by atoms with Crippen molar-refractivity contribution in [2.45, 2.75) is 25.7 Å². The molecule has 9 heteroatoms. The maximum Gasteiger partial charge on any atom is 0.405 e. The summed E-state index contributed by atoms with van der Waals surface area (Å²) in [4.78, 5) is 13.3. The molecular weight excluding hydrogens is 299 g/mol. The molecule has 1 atom stereocenters. The minimum atomic E-state index is -4.42. The molecule has 1 N–H and O–H groups in total. The lowest BCUT2D eigenvalue weighted by Crippen LogP contribution is -2.45. The van der Waals surface area contributed by atoms with Gasteiger partial charge in [0.2, 0.25) is 5.91 Å². The van der Waals surface area contributed by atoms with E-state index >= 15 is 0 Å². The van der Waals surface area contributed by atoms with Gasteiger partial charge in [-0.05, 0) is 26.1 Å². The third kappa shape index (κ3) is 3.94. The summed E-state index contributed by atoms with van der Waals surface area (Å²) in [6.45, 7) is 0.485. The molecule has 0 aliphatic rings. The lowest BCUT2D eigenvalue weighted by Gasteiger charge is -2.23. The van der Waals surface area contributed by atoms with Gasteiger partial charge in [-0.25, -0.2) is 0 Å². The van der Waals surface area contributed by atoms with Crippen LogP contribution in [0.3, 0.4) is 0 Å². The van der Waals surface area contributed by atoms with Crippen molar-refractivity contribution in [3.8, 4) is 0 Å². The Kier molecular flexibility index (Phi) is 4.65. The standard InChI is InChI=1S/C13H16F3N5O/c1-9(12(22)17-8-13(14,15)16)20(2)7-11-19-18-10-5-3-4-6-21(10)11/h3-6,9H,7-8H2,1-2H3,(H,17,22). The zero-order valence-electron chi connectivity index (χ0n) is 12.1. The van der Waals surface area contributed by atoms with Gasteiger partial charge in [0.1, 0.15) is 6.54 Å². The van der Waals surface area contributed by atoms with E-state index in [9.17, 15) is 18.0 Å². The van der Waals surface area contributed by atoms with E-state index in [0.29, 0.717) is 11.5 Å². The molecule has 22 heavy (non-hydrogen) atoms. The van der Waals surface area contributed by atoms with Crippen LogP contribution in [0, 0.1) is 0 Å². The summed E-state index contributed by atoms with van der Waals surface area (Å²) in [6.07, 6.45) is -2.63. The molecular formula is C13H16F3N5O. The molecule has 0 saturated heterocycles. The molecule has 1 unspecified atom stereocenters. The number of amides is 1. The van der Waals surface area contributed by atoms with Gasteiger partial charge in [-0.15, -0.1) is 10.2 Å². The predicted molar refractivity (Wildman–Crippen MR) is 73.0 cm³/mol. The molecule has 0 bridgehead atoms. The number of carbonyl (C=O) groups excluding carboxylic acids is 1. The van der Waals surface area contributed by atoms with E-state index in [4.69, 9.17) is 0 Å². The Morgan fingerprint density at radius 1 is 1.41 bits per heavy atom. The first-order valence-electron chi connectivity index (χ1n) is 6.61. The van der Waals surface area contributed by atoms with Crippen LogP contribution in [0.25, 0.3) is 5.65 Å². The molecule has 2 heterocycles. The molecule has 0 radical (unpaired) electrons. The quantitative estimate of drug-likeness (QED) is 0.901. The zero-order valence-corrected chi connectivity index (χ0v) is 12.1. The highest BCUT2D eigenvalue weighted by atomic mass is 19.4. The lowest BCUT2D eigenvalue weighted by molar-refractivity contribution is -0.141. The van der Waals surface area contributed by atoms with Crippen LogP contribution in [0.2, 0.25) is 0 Å². The van der Waals surface area contributed by atoms with Crippen molar-refractivity contribution in [2.24, 2.45) is 0 Å². The number of halogens is 3. The van der Waals surface area contributed by atoms with E-state index in [1.54, 1.807) is 28.6 Å². The normalized spacial score (nSPS) is 13.5. The van der Waals surface area contributed by atoms with Crippen molar-refractivity contribution >= 4 is 11.6 Å². The monoisotopic (exact) mass is 315 g/mol. The number of alkyl halides is 3. The number of hydrogen-bond donors (Lipinski definition) is 1. The Hall–Kier alpha value is -2.16. The van der Waals surface area contributed by atoms with E-state index in [0.717, 1.165) is 0 Å². The number of rotatable bonds is 5. The number of hydrogen-bond acceptors (Lipinski definition) is 4. The second-order valence-electron chi connectivity index (χ2n) is 4.97. The van der Waals surface area contributed by atoms with Crippen LogP contribution in [-0.2, 0) is 11.3 Å². The van der Waals surface area contributed by atoms with Gasteiger partial charge in [0.05, 0.1) is 12.6 Å². The van der Waals surface area contributed by atoms with Crippen LogP contribution in [0.5, 0.6) is 0 Å². The van der Waals surface area contributed by atoms with Gasteiger partial charge in [0.25, 0.3) is 0 Å². The van der Waals surface area contributed by atoms with Crippen LogP contribution >= 0.6 is 0 Å². The van der Waals surface area contributed by atoms with Gasteiger partial charge >= 0.3 is 6.18 Å². The highest BCUT2D eigenvalue weighted by Gasteiger charge is 2.29. The molecule has 2 aromatic rings. The minimum absolute atomic E-state index is 0.284. The predicted octanol–water partition coefficient (Wildman–Crippen LogP) is 1.23. The first-order valence-corrected chi connectivity index (χ1v) is 6.61. The number of nitrogens with one attached hydrogen (secondary N) is 1. The van der Waals surface area contributed by atoms with E-state index in [1.807, 2.05) is 17.4 Å². The zero-order chi connectivity index (χ0) is 16.3. The maximum absolute atomic E-state index is 12.1. The van der Waals surface area contributed by atoms with Gasteiger partial charge in [-0.2, -0.15) is 13.2 Å². The first kappa shape index (κ1) is 16.2. The van der Waals surface area contributed by atoms with E-state index in [1.165, 1.54) is 6.92 Å². The smallest absolute Gasteiger partial charge is 0.346 e. The Morgan fingerprint density at radius 3 is 2.82 bits per heavy atom. The van der Waals surface area contributed by atoms with Crippen LogP contribution in [-0.4, -0.2) is 51.2 Å². The lowest BCUT2D eigenvalue weighted by atomic mass is 10.2. The summed E-state index contributed by atoms with van der Waals surface area (Å²) in [7, 11) is 1.64. The maximum atomic E-state index is 12.1. The average molecular weight is 315 g/mol. The molecule has 0 aromatic carbocycles. The van der Waals surface area contributed by atoms with E-state index < -0.39 is 24.7 Å². The van der Waals surface area contributed by atoms with Gasteiger partial charge < -0.3 is 5.32 Å². The first-order chi connectivity index (χ1) is 10.3. The summed E-state index contributed by atoms with van der Waals surface area (Å²) >= 11 is 0. The third-order valence-electron chi connectivity index (χ3n) is 3.28. The summed E-state index contributed by atoms with van der Waals surface area (Å²) < 4.78 is 38.1. The second kappa shape index (κ2) is 6.30. The molecule has 0 aliphatic carbocycles. The van der Waals surface area contributed by atoms with Gasteiger partial charge in [-0.1, -0.05) is 6.07 Å². The molecule has 0 fully saturated rings. The van der Waals surface area contributed by atoms with Gasteiger partial charge in [-0.3, -0.25) is 14.1 Å².